The van der Waals surface area contributed by atoms with Gasteiger partial charge in [0.25, 0.3) is 0 Å². The molecule has 8 nitrogen and oxygen atoms in total. The Hall–Kier alpha value is -3.42. The van der Waals surface area contributed by atoms with Gasteiger partial charge in [-0.3, -0.25) is 4.68 Å². The highest BCUT2D eigenvalue weighted by Crippen LogP contribution is 2.16. The van der Waals surface area contributed by atoms with Gasteiger partial charge in [-0.1, -0.05) is 12.1 Å². The minimum absolute atomic E-state index is 0.241. The number of rotatable bonds is 4. The van der Waals surface area contributed by atoms with E-state index >= 15 is 0 Å². The van der Waals surface area contributed by atoms with Crippen molar-refractivity contribution in [3.63, 3.8) is 0 Å². The van der Waals surface area contributed by atoms with E-state index in [1.807, 2.05) is 37.4 Å². The number of phenols is 1. The predicted molar refractivity (Wildman–Crippen MR) is 88.2 cm³/mol. The number of hydrogen-bond donors (Lipinski definition) is 2. The van der Waals surface area contributed by atoms with Crippen LogP contribution >= 0.6 is 0 Å². The molecule has 0 unspecified atom stereocenters. The van der Waals surface area contributed by atoms with Gasteiger partial charge in [0.05, 0.1) is 6.20 Å². The zero-order chi connectivity index (χ0) is 16.5. The monoisotopic (exact) mass is 321 g/mol. The Labute approximate surface area is 137 Å². The smallest absolute Gasteiger partial charge is 0.178 e. The molecule has 24 heavy (non-hydrogen) atoms. The van der Waals surface area contributed by atoms with Crippen LogP contribution < -0.4 is 5.32 Å². The number of aryl methyl sites for hydroxylation is 1. The molecular weight excluding hydrogens is 306 g/mol. The molecule has 4 aromatic rings. The van der Waals surface area contributed by atoms with E-state index in [0.717, 1.165) is 17.2 Å². The summed E-state index contributed by atoms with van der Waals surface area (Å²) < 4.78 is 3.45. The highest BCUT2D eigenvalue weighted by Gasteiger charge is 2.09. The van der Waals surface area contributed by atoms with Crippen molar-refractivity contribution in [3.05, 3.63) is 60.0 Å². The standard InChI is InChI=1S/C16H15N7O/c1-22-14(8-9-17-22)18-13-6-7-15-19-20-16(23(15)21-13)10-11-2-4-12(24)5-3-11/h2-9,24H,10H2,1H3,(H,18,21). The van der Waals surface area contributed by atoms with Gasteiger partial charge in [0, 0.05) is 19.5 Å². The molecule has 0 aliphatic heterocycles. The summed E-state index contributed by atoms with van der Waals surface area (Å²) in [7, 11) is 1.86. The Kier molecular flexibility index (Phi) is 3.34. The molecule has 4 rings (SSSR count). The van der Waals surface area contributed by atoms with Crippen LogP contribution in [-0.4, -0.2) is 34.7 Å². The van der Waals surface area contributed by atoms with E-state index in [-0.39, 0.29) is 5.75 Å². The summed E-state index contributed by atoms with van der Waals surface area (Å²) in [6.07, 6.45) is 2.29. The Balaban J connectivity index is 1.65. The third-order valence-electron chi connectivity index (χ3n) is 3.70. The molecular formula is C16H15N7O. The van der Waals surface area contributed by atoms with Crippen molar-refractivity contribution in [2.45, 2.75) is 6.42 Å². The van der Waals surface area contributed by atoms with Crippen LogP contribution in [0.4, 0.5) is 11.6 Å². The number of aromatic nitrogens is 6. The average molecular weight is 321 g/mol. The fourth-order valence-corrected chi connectivity index (χ4v) is 2.43. The second-order valence-electron chi connectivity index (χ2n) is 5.41. The zero-order valence-electron chi connectivity index (χ0n) is 13.0. The van der Waals surface area contributed by atoms with Crippen LogP contribution in [0.3, 0.4) is 0 Å². The van der Waals surface area contributed by atoms with Crippen molar-refractivity contribution in [1.82, 2.24) is 29.6 Å². The van der Waals surface area contributed by atoms with E-state index in [1.165, 1.54) is 0 Å². The van der Waals surface area contributed by atoms with E-state index in [0.29, 0.717) is 17.9 Å². The van der Waals surface area contributed by atoms with E-state index in [9.17, 15) is 5.11 Å². The first-order valence-corrected chi connectivity index (χ1v) is 7.43. The maximum Gasteiger partial charge on any atom is 0.178 e. The van der Waals surface area contributed by atoms with Gasteiger partial charge < -0.3 is 10.4 Å². The van der Waals surface area contributed by atoms with Crippen molar-refractivity contribution in [2.75, 3.05) is 5.32 Å². The van der Waals surface area contributed by atoms with E-state index in [2.05, 4.69) is 25.7 Å². The van der Waals surface area contributed by atoms with Gasteiger partial charge in [0.2, 0.25) is 0 Å². The summed E-state index contributed by atoms with van der Waals surface area (Å²) >= 11 is 0. The van der Waals surface area contributed by atoms with Crippen LogP contribution in [0.25, 0.3) is 5.65 Å². The summed E-state index contributed by atoms with van der Waals surface area (Å²) in [6, 6.07) is 12.6. The van der Waals surface area contributed by atoms with Crippen LogP contribution in [0.1, 0.15) is 11.4 Å². The maximum absolute atomic E-state index is 9.37. The second-order valence-corrected chi connectivity index (χ2v) is 5.41. The molecule has 0 saturated heterocycles. The quantitative estimate of drug-likeness (QED) is 0.596. The fraction of sp³-hybridized carbons (Fsp3) is 0.125. The number of phenolic OH excluding ortho intramolecular Hbond substituents is 1. The lowest BCUT2D eigenvalue weighted by atomic mass is 10.1. The molecule has 2 N–H and O–H groups in total. The van der Waals surface area contributed by atoms with Crippen molar-refractivity contribution in [3.8, 4) is 5.75 Å². The minimum Gasteiger partial charge on any atom is -0.508 e. The molecule has 0 spiro atoms. The van der Waals surface area contributed by atoms with Gasteiger partial charge in [0.1, 0.15) is 11.6 Å². The average Bonchev–Trinajstić information content (AvgIpc) is 3.17. The fourth-order valence-electron chi connectivity index (χ4n) is 2.43. The number of hydrogen-bond acceptors (Lipinski definition) is 6. The number of fused-ring (bicyclic) bond motifs is 1. The normalized spacial score (nSPS) is 11.0. The lowest BCUT2D eigenvalue weighted by Gasteiger charge is -2.06. The molecule has 3 aromatic heterocycles. The summed E-state index contributed by atoms with van der Waals surface area (Å²) in [5, 5.41) is 29.6. The number of nitrogens with one attached hydrogen (secondary N) is 1. The molecule has 0 radical (unpaired) electrons. The first-order valence-electron chi connectivity index (χ1n) is 7.43. The molecule has 0 aliphatic carbocycles. The van der Waals surface area contributed by atoms with Crippen LogP contribution in [0, 0.1) is 0 Å². The molecule has 3 heterocycles. The first kappa shape index (κ1) is 14.2. The highest BCUT2D eigenvalue weighted by atomic mass is 16.3. The van der Waals surface area contributed by atoms with Crippen LogP contribution in [0.2, 0.25) is 0 Å². The summed E-state index contributed by atoms with van der Waals surface area (Å²) in [6.45, 7) is 0. The Morgan fingerprint density at radius 2 is 1.88 bits per heavy atom. The first-order chi connectivity index (χ1) is 11.7. The largest absolute Gasteiger partial charge is 0.508 e. The van der Waals surface area contributed by atoms with Crippen molar-refractivity contribution >= 4 is 17.3 Å². The highest BCUT2D eigenvalue weighted by molar-refractivity contribution is 5.53. The van der Waals surface area contributed by atoms with Gasteiger partial charge in [-0.2, -0.15) is 9.61 Å². The van der Waals surface area contributed by atoms with Crippen molar-refractivity contribution < 1.29 is 5.11 Å². The third kappa shape index (κ3) is 2.65. The maximum atomic E-state index is 9.37. The molecule has 0 bridgehead atoms. The van der Waals surface area contributed by atoms with Crippen molar-refractivity contribution in [2.24, 2.45) is 7.05 Å². The van der Waals surface area contributed by atoms with Gasteiger partial charge in [-0.15, -0.1) is 15.3 Å². The van der Waals surface area contributed by atoms with Crippen LogP contribution in [-0.2, 0) is 13.5 Å². The number of anilines is 2. The van der Waals surface area contributed by atoms with Gasteiger partial charge in [0.15, 0.2) is 17.3 Å². The Morgan fingerprint density at radius 3 is 2.62 bits per heavy atom. The summed E-state index contributed by atoms with van der Waals surface area (Å²) in [5.41, 5.74) is 1.70. The van der Waals surface area contributed by atoms with E-state index in [1.54, 1.807) is 27.5 Å². The van der Waals surface area contributed by atoms with Gasteiger partial charge >= 0.3 is 0 Å². The summed E-state index contributed by atoms with van der Waals surface area (Å²) in [5.74, 6) is 2.49. The predicted octanol–water partition coefficient (Wildman–Crippen LogP) is 1.90. The van der Waals surface area contributed by atoms with E-state index < -0.39 is 0 Å². The summed E-state index contributed by atoms with van der Waals surface area (Å²) in [4.78, 5) is 0. The SMILES string of the molecule is Cn1nccc1Nc1ccc2nnc(Cc3ccc(O)cc3)n2n1. The van der Waals surface area contributed by atoms with Crippen molar-refractivity contribution in [1.29, 1.82) is 0 Å². The molecule has 0 aliphatic rings. The molecule has 0 atom stereocenters. The molecule has 120 valence electrons. The lowest BCUT2D eigenvalue weighted by molar-refractivity contribution is 0.475. The van der Waals surface area contributed by atoms with Gasteiger partial charge in [-0.05, 0) is 29.8 Å². The molecule has 8 heteroatoms. The Morgan fingerprint density at radius 1 is 1.04 bits per heavy atom. The third-order valence-corrected chi connectivity index (χ3v) is 3.70. The van der Waals surface area contributed by atoms with Crippen LogP contribution in [0.5, 0.6) is 5.75 Å². The Bertz CT molecular complexity index is 987. The molecule has 0 fully saturated rings. The molecule has 0 amide bonds. The van der Waals surface area contributed by atoms with E-state index in [4.69, 9.17) is 0 Å². The zero-order valence-corrected chi connectivity index (χ0v) is 13.0. The lowest BCUT2D eigenvalue weighted by Crippen LogP contribution is -2.05. The number of nitrogens with zero attached hydrogens (tertiary/aromatic N) is 6. The second kappa shape index (κ2) is 5.65. The van der Waals surface area contributed by atoms with Crippen LogP contribution in [0.15, 0.2) is 48.7 Å². The van der Waals surface area contributed by atoms with Gasteiger partial charge in [-0.25, -0.2) is 0 Å². The minimum atomic E-state index is 0.241. The number of aromatic hydroxyl groups is 1. The molecule has 1 aromatic carbocycles. The molecule has 0 saturated carbocycles. The topological polar surface area (TPSA) is 93.2 Å². The number of benzene rings is 1.